The van der Waals surface area contributed by atoms with Crippen molar-refractivity contribution in [3.05, 3.63) is 59.1 Å². The van der Waals surface area contributed by atoms with Gasteiger partial charge in [0.15, 0.2) is 0 Å². The summed E-state index contributed by atoms with van der Waals surface area (Å²) in [5.41, 5.74) is 0.102. The Bertz CT molecular complexity index is 1110. The van der Waals surface area contributed by atoms with Crippen LogP contribution in [0.2, 0.25) is 5.02 Å². The van der Waals surface area contributed by atoms with Crippen LogP contribution in [0.15, 0.2) is 58.3 Å². The average Bonchev–Trinajstić information content (AvgIpc) is 2.61. The van der Waals surface area contributed by atoms with E-state index in [1.807, 2.05) is 9.44 Å². The van der Waals surface area contributed by atoms with Crippen LogP contribution in [0.1, 0.15) is 24.2 Å². The average molecular weight is 445 g/mol. The van der Waals surface area contributed by atoms with E-state index in [1.54, 1.807) is 18.2 Å². The van der Waals surface area contributed by atoms with Crippen LogP contribution in [0.4, 0.5) is 0 Å². The molecule has 0 saturated heterocycles. The number of hydrogen-bond donors (Lipinski definition) is 2. The number of carbonyl (C=O) groups excluding carboxylic acids is 2. The van der Waals surface area contributed by atoms with Crippen molar-refractivity contribution < 1.29 is 26.4 Å². The quantitative estimate of drug-likeness (QED) is 0.700. The highest BCUT2D eigenvalue weighted by molar-refractivity contribution is 7.91. The van der Waals surface area contributed by atoms with Gasteiger partial charge in [0.05, 0.1) is 9.79 Å². The maximum atomic E-state index is 12.5. The maximum absolute atomic E-state index is 12.5. The number of benzene rings is 2. The van der Waals surface area contributed by atoms with E-state index in [9.17, 15) is 26.4 Å². The van der Waals surface area contributed by atoms with Crippen LogP contribution in [0.25, 0.3) is 0 Å². The first-order chi connectivity index (χ1) is 12.9. The molecular weight excluding hydrogens is 428 g/mol. The van der Waals surface area contributed by atoms with Gasteiger partial charge in [-0.3, -0.25) is 9.59 Å². The van der Waals surface area contributed by atoms with E-state index in [0.717, 1.165) is 18.2 Å². The van der Waals surface area contributed by atoms with Gasteiger partial charge >= 0.3 is 0 Å². The Morgan fingerprint density at radius 2 is 1.36 bits per heavy atom. The zero-order chi connectivity index (χ0) is 21.1. The Labute approximate surface area is 168 Å². The zero-order valence-corrected chi connectivity index (χ0v) is 17.2. The van der Waals surface area contributed by atoms with Gasteiger partial charge in [-0.15, -0.1) is 0 Å². The van der Waals surface area contributed by atoms with Gasteiger partial charge in [0.2, 0.25) is 5.91 Å². The Morgan fingerprint density at radius 3 is 1.86 bits per heavy atom. The van der Waals surface area contributed by atoms with Gasteiger partial charge in [-0.05, 0) is 30.3 Å². The van der Waals surface area contributed by atoms with Crippen molar-refractivity contribution in [2.24, 2.45) is 5.92 Å². The van der Waals surface area contributed by atoms with Crippen LogP contribution in [-0.2, 0) is 24.8 Å². The summed E-state index contributed by atoms with van der Waals surface area (Å²) in [6.45, 7) is 3.00. The van der Waals surface area contributed by atoms with Crippen LogP contribution >= 0.6 is 11.6 Å². The Balaban J connectivity index is 2.39. The molecule has 0 unspecified atom stereocenters. The van der Waals surface area contributed by atoms with Gasteiger partial charge in [-0.1, -0.05) is 43.6 Å². The van der Waals surface area contributed by atoms with Crippen molar-refractivity contribution in [3.63, 3.8) is 0 Å². The summed E-state index contributed by atoms with van der Waals surface area (Å²) >= 11 is 5.86. The molecule has 2 amide bonds. The molecule has 2 aromatic rings. The van der Waals surface area contributed by atoms with Crippen molar-refractivity contribution in [2.45, 2.75) is 23.6 Å². The molecule has 11 heteroatoms. The highest BCUT2D eigenvalue weighted by Crippen LogP contribution is 2.22. The molecule has 0 aliphatic heterocycles. The molecule has 0 bridgehead atoms. The molecule has 0 aliphatic rings. The van der Waals surface area contributed by atoms with E-state index < -0.39 is 47.6 Å². The first-order valence-corrected chi connectivity index (χ1v) is 11.3. The minimum Gasteiger partial charge on any atom is -0.274 e. The molecule has 2 aromatic carbocycles. The molecule has 28 heavy (non-hydrogen) atoms. The van der Waals surface area contributed by atoms with E-state index in [2.05, 4.69) is 0 Å². The van der Waals surface area contributed by atoms with Crippen molar-refractivity contribution in [1.82, 2.24) is 9.44 Å². The summed E-state index contributed by atoms with van der Waals surface area (Å²) < 4.78 is 53.4. The summed E-state index contributed by atoms with van der Waals surface area (Å²) in [5, 5.41) is -0.201. The van der Waals surface area contributed by atoms with Gasteiger partial charge in [-0.25, -0.2) is 26.3 Å². The van der Waals surface area contributed by atoms with Crippen molar-refractivity contribution in [2.75, 3.05) is 0 Å². The number of nitrogens with one attached hydrogen (secondary N) is 2. The topological polar surface area (TPSA) is 126 Å². The molecule has 0 fully saturated rings. The third kappa shape index (κ3) is 5.31. The monoisotopic (exact) mass is 444 g/mol. The Morgan fingerprint density at radius 1 is 0.857 bits per heavy atom. The fraction of sp³-hybridized carbons (Fsp3) is 0.176. The predicted octanol–water partition coefficient (Wildman–Crippen LogP) is 1.92. The highest BCUT2D eigenvalue weighted by Gasteiger charge is 2.25. The summed E-state index contributed by atoms with van der Waals surface area (Å²) in [7, 11) is -8.77. The lowest BCUT2D eigenvalue weighted by atomic mass is 10.2. The Hall–Kier alpha value is -2.43. The molecule has 0 saturated carbocycles. The van der Waals surface area contributed by atoms with Crippen LogP contribution < -0.4 is 9.44 Å². The maximum Gasteiger partial charge on any atom is 0.264 e. The molecule has 2 N–H and O–H groups in total. The van der Waals surface area contributed by atoms with E-state index in [4.69, 9.17) is 11.6 Å². The van der Waals surface area contributed by atoms with Crippen molar-refractivity contribution in [3.8, 4) is 0 Å². The SMILES string of the molecule is CC(C)C(=O)NS(=O)(=O)c1cc(Cl)cc(S(=O)(=O)NC(=O)c2ccccc2)c1. The second-order valence-electron chi connectivity index (χ2n) is 6.05. The third-order valence-electron chi connectivity index (χ3n) is 3.49. The van der Waals surface area contributed by atoms with Gasteiger partial charge in [0.25, 0.3) is 26.0 Å². The second-order valence-corrected chi connectivity index (χ2v) is 9.85. The molecule has 150 valence electrons. The zero-order valence-electron chi connectivity index (χ0n) is 14.8. The number of carbonyl (C=O) groups is 2. The predicted molar refractivity (Wildman–Crippen MR) is 103 cm³/mol. The minimum absolute atomic E-state index is 0.102. The van der Waals surface area contributed by atoms with E-state index >= 15 is 0 Å². The smallest absolute Gasteiger partial charge is 0.264 e. The molecule has 0 aromatic heterocycles. The Kier molecular flexibility index (Phi) is 6.48. The lowest BCUT2D eigenvalue weighted by molar-refractivity contribution is -0.122. The second kappa shape index (κ2) is 8.29. The molecule has 2 rings (SSSR count). The van der Waals surface area contributed by atoms with Crippen LogP contribution in [0.5, 0.6) is 0 Å². The number of halogens is 1. The normalized spacial score (nSPS) is 11.9. The van der Waals surface area contributed by atoms with Crippen molar-refractivity contribution >= 4 is 43.5 Å². The minimum atomic E-state index is -4.42. The van der Waals surface area contributed by atoms with Crippen LogP contribution in [-0.4, -0.2) is 28.6 Å². The van der Waals surface area contributed by atoms with E-state index in [0.29, 0.717) is 0 Å². The van der Waals surface area contributed by atoms with Gasteiger partial charge < -0.3 is 0 Å². The summed E-state index contributed by atoms with van der Waals surface area (Å²) in [6, 6.07) is 10.4. The fourth-order valence-corrected chi connectivity index (χ4v) is 4.65. The van der Waals surface area contributed by atoms with E-state index in [-0.39, 0.29) is 10.6 Å². The fourth-order valence-electron chi connectivity index (χ4n) is 1.99. The molecule has 0 aliphatic carbocycles. The molecule has 0 heterocycles. The number of amides is 2. The standard InChI is InChI=1S/C17H17ClN2O6S2/c1-11(2)16(21)19-27(23,24)14-8-13(18)9-15(10-14)28(25,26)20-17(22)12-6-4-3-5-7-12/h3-11H,1-2H3,(H,19,21)(H,20,22). The van der Waals surface area contributed by atoms with Crippen molar-refractivity contribution in [1.29, 1.82) is 0 Å². The molecule has 0 radical (unpaired) electrons. The first kappa shape index (κ1) is 21.9. The number of rotatable bonds is 6. The highest BCUT2D eigenvalue weighted by atomic mass is 35.5. The number of sulfonamides is 2. The summed E-state index contributed by atoms with van der Waals surface area (Å²) in [5.74, 6) is -2.26. The van der Waals surface area contributed by atoms with Gasteiger partial charge in [0.1, 0.15) is 0 Å². The van der Waals surface area contributed by atoms with Gasteiger partial charge in [0, 0.05) is 16.5 Å². The molecule has 0 atom stereocenters. The largest absolute Gasteiger partial charge is 0.274 e. The first-order valence-electron chi connectivity index (χ1n) is 7.92. The van der Waals surface area contributed by atoms with E-state index in [1.165, 1.54) is 26.0 Å². The van der Waals surface area contributed by atoms with Gasteiger partial charge in [-0.2, -0.15) is 0 Å². The lowest BCUT2D eigenvalue weighted by Crippen LogP contribution is -2.34. The molecule has 8 nitrogen and oxygen atoms in total. The lowest BCUT2D eigenvalue weighted by Gasteiger charge is -2.12. The molecular formula is C17H17ClN2O6S2. The summed E-state index contributed by atoms with van der Waals surface area (Å²) in [6.07, 6.45) is 0. The third-order valence-corrected chi connectivity index (χ3v) is 6.34. The van der Waals surface area contributed by atoms with Crippen LogP contribution in [0, 0.1) is 5.92 Å². The van der Waals surface area contributed by atoms with Crippen LogP contribution in [0.3, 0.4) is 0 Å². The molecule has 0 spiro atoms. The summed E-state index contributed by atoms with van der Waals surface area (Å²) in [4.78, 5) is 22.8. The number of hydrogen-bond acceptors (Lipinski definition) is 6.